The molecule has 0 atom stereocenters. The Labute approximate surface area is 165 Å². The normalized spacial score (nSPS) is 19.0. The summed E-state index contributed by atoms with van der Waals surface area (Å²) >= 11 is 0. The van der Waals surface area contributed by atoms with Crippen molar-refractivity contribution >= 4 is 0 Å². The first kappa shape index (κ1) is 20.7. The molecule has 5 heteroatoms. The van der Waals surface area contributed by atoms with Gasteiger partial charge in [0.2, 0.25) is 0 Å². The number of rotatable bonds is 12. The zero-order valence-corrected chi connectivity index (χ0v) is 16.9. The Morgan fingerprint density at radius 1 is 0.704 bits per heavy atom. The van der Waals surface area contributed by atoms with Crippen LogP contribution in [0.25, 0.3) is 0 Å². The van der Waals surface area contributed by atoms with Crippen LogP contribution in [0.3, 0.4) is 0 Å². The van der Waals surface area contributed by atoms with Crippen LogP contribution in [0.4, 0.5) is 0 Å². The summed E-state index contributed by atoms with van der Waals surface area (Å²) in [6.07, 6.45) is 5.25. The van der Waals surface area contributed by atoms with Gasteiger partial charge in [-0.1, -0.05) is 24.3 Å². The van der Waals surface area contributed by atoms with Crippen LogP contribution < -0.4 is 10.6 Å². The molecule has 2 N–H and O–H groups in total. The van der Waals surface area contributed by atoms with Gasteiger partial charge in [-0.05, 0) is 76.1 Å². The molecule has 2 aliphatic heterocycles. The molecule has 0 amide bonds. The van der Waals surface area contributed by atoms with Crippen LogP contribution in [0.5, 0.6) is 0 Å². The lowest BCUT2D eigenvalue weighted by Gasteiger charge is -2.26. The Morgan fingerprint density at radius 2 is 1.19 bits per heavy atom. The van der Waals surface area contributed by atoms with Crippen molar-refractivity contribution in [2.45, 2.75) is 38.8 Å². The maximum atomic E-state index is 5.39. The molecule has 152 valence electrons. The van der Waals surface area contributed by atoms with Crippen molar-refractivity contribution in [3.05, 3.63) is 35.4 Å². The van der Waals surface area contributed by atoms with Gasteiger partial charge in [0.15, 0.2) is 0 Å². The van der Waals surface area contributed by atoms with Crippen LogP contribution in [-0.4, -0.2) is 75.4 Å². The van der Waals surface area contributed by atoms with Gasteiger partial charge in [-0.25, -0.2) is 0 Å². The largest absolute Gasteiger partial charge is 0.379 e. The number of likely N-dealkylation sites (tertiary alicyclic amines) is 1. The minimum atomic E-state index is 0.896. The van der Waals surface area contributed by atoms with Gasteiger partial charge < -0.3 is 20.3 Å². The van der Waals surface area contributed by atoms with E-state index in [0.717, 1.165) is 52.5 Å². The van der Waals surface area contributed by atoms with E-state index in [9.17, 15) is 0 Å². The molecule has 0 bridgehead atoms. The zero-order valence-electron chi connectivity index (χ0n) is 16.9. The lowest BCUT2D eigenvalue weighted by Crippen LogP contribution is -2.37. The Morgan fingerprint density at radius 3 is 1.70 bits per heavy atom. The van der Waals surface area contributed by atoms with Gasteiger partial charge >= 0.3 is 0 Å². The molecule has 1 aromatic rings. The molecular weight excluding hydrogens is 336 g/mol. The highest BCUT2D eigenvalue weighted by atomic mass is 16.5. The standard InChI is InChI=1S/C22H38N4O/c1-2-12-25(11-1)13-3-9-23-19-21-5-7-22(8-6-21)20-24-10-4-14-26-15-17-27-18-16-26/h5-8,23-24H,1-4,9-20H2. The highest BCUT2D eigenvalue weighted by Crippen LogP contribution is 2.07. The quantitative estimate of drug-likeness (QED) is 0.548. The van der Waals surface area contributed by atoms with Crippen molar-refractivity contribution < 1.29 is 4.74 Å². The van der Waals surface area contributed by atoms with Crippen molar-refractivity contribution in [1.82, 2.24) is 20.4 Å². The summed E-state index contributed by atoms with van der Waals surface area (Å²) in [6.45, 7) is 13.2. The van der Waals surface area contributed by atoms with E-state index in [2.05, 4.69) is 44.7 Å². The fourth-order valence-corrected chi connectivity index (χ4v) is 3.93. The Kier molecular flexibility index (Phi) is 9.58. The van der Waals surface area contributed by atoms with E-state index in [1.54, 1.807) is 0 Å². The smallest absolute Gasteiger partial charge is 0.0594 e. The van der Waals surface area contributed by atoms with E-state index in [1.807, 2.05) is 0 Å². The number of morpholine rings is 1. The summed E-state index contributed by atoms with van der Waals surface area (Å²) in [5, 5.41) is 7.15. The molecule has 0 radical (unpaired) electrons. The fraction of sp³-hybridized carbons (Fsp3) is 0.727. The first-order valence-electron chi connectivity index (χ1n) is 10.9. The van der Waals surface area contributed by atoms with Crippen molar-refractivity contribution in [3.63, 3.8) is 0 Å². The lowest BCUT2D eigenvalue weighted by atomic mass is 10.1. The van der Waals surface area contributed by atoms with Crippen LogP contribution in [0.1, 0.15) is 36.8 Å². The zero-order chi connectivity index (χ0) is 18.6. The second kappa shape index (κ2) is 12.5. The summed E-state index contributed by atoms with van der Waals surface area (Å²) in [4.78, 5) is 5.09. The topological polar surface area (TPSA) is 39.8 Å². The van der Waals surface area contributed by atoms with Crippen LogP contribution in [-0.2, 0) is 17.8 Å². The third-order valence-electron chi connectivity index (χ3n) is 5.64. The van der Waals surface area contributed by atoms with Gasteiger partial charge in [0.05, 0.1) is 13.2 Å². The van der Waals surface area contributed by atoms with Crippen LogP contribution in [0, 0.1) is 0 Å². The number of nitrogens with one attached hydrogen (secondary N) is 2. The average molecular weight is 375 g/mol. The lowest BCUT2D eigenvalue weighted by molar-refractivity contribution is 0.0374. The molecule has 0 aromatic heterocycles. The van der Waals surface area contributed by atoms with Gasteiger partial charge in [-0.15, -0.1) is 0 Å². The molecule has 2 heterocycles. The van der Waals surface area contributed by atoms with Crippen LogP contribution >= 0.6 is 0 Å². The van der Waals surface area contributed by atoms with Gasteiger partial charge in [0, 0.05) is 26.2 Å². The second-order valence-corrected chi connectivity index (χ2v) is 7.88. The van der Waals surface area contributed by atoms with E-state index in [4.69, 9.17) is 4.74 Å². The van der Waals surface area contributed by atoms with E-state index >= 15 is 0 Å². The molecule has 2 fully saturated rings. The van der Waals surface area contributed by atoms with E-state index in [1.165, 1.54) is 63.0 Å². The van der Waals surface area contributed by atoms with Crippen LogP contribution in [0.2, 0.25) is 0 Å². The SMILES string of the molecule is c1cc(CNCCCN2CCOCC2)ccc1CNCCCN1CCCC1. The van der Waals surface area contributed by atoms with E-state index in [0.29, 0.717) is 0 Å². The third kappa shape index (κ3) is 8.28. The summed E-state index contributed by atoms with van der Waals surface area (Å²) in [5.41, 5.74) is 2.76. The Bertz CT molecular complexity index is 496. The maximum Gasteiger partial charge on any atom is 0.0594 e. The molecule has 2 saturated heterocycles. The first-order chi connectivity index (χ1) is 13.4. The molecule has 2 aliphatic rings. The molecule has 0 saturated carbocycles. The second-order valence-electron chi connectivity index (χ2n) is 7.88. The minimum absolute atomic E-state index is 0.896. The molecule has 3 rings (SSSR count). The van der Waals surface area contributed by atoms with Gasteiger partial charge in [0.25, 0.3) is 0 Å². The van der Waals surface area contributed by atoms with Crippen molar-refractivity contribution in [2.75, 3.05) is 65.6 Å². The summed E-state index contributed by atoms with van der Waals surface area (Å²) in [6, 6.07) is 9.04. The maximum absolute atomic E-state index is 5.39. The number of benzene rings is 1. The Balaban J connectivity index is 1.19. The predicted molar refractivity (Wildman–Crippen MR) is 112 cm³/mol. The minimum Gasteiger partial charge on any atom is -0.379 e. The number of nitrogens with zero attached hydrogens (tertiary/aromatic N) is 2. The molecule has 0 unspecified atom stereocenters. The highest BCUT2D eigenvalue weighted by Gasteiger charge is 2.10. The van der Waals surface area contributed by atoms with Gasteiger partial charge in [-0.2, -0.15) is 0 Å². The number of hydrogen-bond donors (Lipinski definition) is 2. The molecule has 5 nitrogen and oxygen atoms in total. The van der Waals surface area contributed by atoms with Gasteiger partial charge in [-0.3, -0.25) is 4.90 Å². The predicted octanol–water partition coefficient (Wildman–Crippen LogP) is 2.07. The van der Waals surface area contributed by atoms with Crippen LogP contribution in [0.15, 0.2) is 24.3 Å². The summed E-state index contributed by atoms with van der Waals surface area (Å²) in [5.74, 6) is 0. The highest BCUT2D eigenvalue weighted by molar-refractivity contribution is 5.22. The van der Waals surface area contributed by atoms with E-state index < -0.39 is 0 Å². The number of ether oxygens (including phenoxy) is 1. The molecule has 0 spiro atoms. The van der Waals surface area contributed by atoms with Crippen molar-refractivity contribution in [2.24, 2.45) is 0 Å². The summed E-state index contributed by atoms with van der Waals surface area (Å²) < 4.78 is 5.39. The summed E-state index contributed by atoms with van der Waals surface area (Å²) in [7, 11) is 0. The molecule has 27 heavy (non-hydrogen) atoms. The van der Waals surface area contributed by atoms with Crippen molar-refractivity contribution in [1.29, 1.82) is 0 Å². The van der Waals surface area contributed by atoms with E-state index in [-0.39, 0.29) is 0 Å². The molecule has 0 aliphatic carbocycles. The first-order valence-corrected chi connectivity index (χ1v) is 10.9. The average Bonchev–Trinajstić information content (AvgIpc) is 3.23. The number of hydrogen-bond acceptors (Lipinski definition) is 5. The molecule has 1 aromatic carbocycles. The monoisotopic (exact) mass is 374 g/mol. The fourth-order valence-electron chi connectivity index (χ4n) is 3.93. The van der Waals surface area contributed by atoms with Crippen molar-refractivity contribution in [3.8, 4) is 0 Å². The molecular formula is C22H38N4O. The third-order valence-corrected chi connectivity index (χ3v) is 5.64. The Hall–Kier alpha value is -0.980. The van der Waals surface area contributed by atoms with Gasteiger partial charge in [0.1, 0.15) is 0 Å².